The molecule has 2 unspecified atom stereocenters. The van der Waals surface area contributed by atoms with Gasteiger partial charge in [0.2, 0.25) is 5.91 Å². The topological polar surface area (TPSA) is 158 Å². The summed E-state index contributed by atoms with van der Waals surface area (Å²) in [6.45, 7) is 0.624. The first kappa shape index (κ1) is 43.6. The molecule has 2 aliphatic rings. The summed E-state index contributed by atoms with van der Waals surface area (Å²) in [5.41, 5.74) is 3.89. The van der Waals surface area contributed by atoms with E-state index in [4.69, 9.17) is 9.47 Å². The van der Waals surface area contributed by atoms with E-state index in [1.807, 2.05) is 18.2 Å². The lowest BCUT2D eigenvalue weighted by Gasteiger charge is -2.30. The molecule has 5 aromatic rings. The lowest BCUT2D eigenvalue weighted by Crippen LogP contribution is -2.46. The zero-order valence-electron chi connectivity index (χ0n) is 34.8. The molecule has 17 heteroatoms. The van der Waals surface area contributed by atoms with Crippen LogP contribution in [0.1, 0.15) is 46.4 Å². The Hall–Kier alpha value is -6.51. The van der Waals surface area contributed by atoms with Crippen molar-refractivity contribution in [2.75, 3.05) is 76.1 Å². The molecule has 0 bridgehead atoms. The fourth-order valence-corrected chi connectivity index (χ4v) is 7.76. The van der Waals surface area contributed by atoms with E-state index in [2.05, 4.69) is 55.0 Å². The van der Waals surface area contributed by atoms with Crippen LogP contribution in [0.25, 0.3) is 10.9 Å². The number of carbonyl (C=O) groups excluding carboxylic acids is 2. The number of aromatic nitrogens is 3. The van der Waals surface area contributed by atoms with Crippen LogP contribution in [0.2, 0.25) is 0 Å². The highest BCUT2D eigenvalue weighted by molar-refractivity contribution is 5.96. The lowest BCUT2D eigenvalue weighted by atomic mass is 10.0. The molecule has 2 aromatic heterocycles. The number of alkyl halides is 3. The van der Waals surface area contributed by atoms with Gasteiger partial charge in [-0.25, -0.2) is 9.97 Å². The third-order valence-electron chi connectivity index (χ3n) is 10.9. The number of anilines is 3. The summed E-state index contributed by atoms with van der Waals surface area (Å²) < 4.78 is 54.7. The van der Waals surface area contributed by atoms with Crippen molar-refractivity contribution < 1.29 is 37.3 Å². The average Bonchev–Trinajstić information content (AvgIpc) is 3.60. The van der Waals surface area contributed by atoms with Gasteiger partial charge < -0.3 is 50.2 Å². The monoisotopic (exact) mass is 853 g/mol. The molecule has 1 saturated heterocycles. The summed E-state index contributed by atoms with van der Waals surface area (Å²) in [5.74, 6) is 6.51. The summed E-state index contributed by atoms with van der Waals surface area (Å²) in [6, 6.07) is 18.8. The molecular formula is C45H50F3N9O5. The van der Waals surface area contributed by atoms with Crippen LogP contribution in [0, 0.1) is 11.8 Å². The minimum atomic E-state index is -4.46. The molecular weight excluding hydrogens is 804 g/mol. The maximum Gasteiger partial charge on any atom is 0.406 e. The summed E-state index contributed by atoms with van der Waals surface area (Å²) in [5, 5.41) is 22.9. The molecule has 0 saturated carbocycles. The van der Waals surface area contributed by atoms with Crippen molar-refractivity contribution in [3.8, 4) is 23.3 Å². The van der Waals surface area contributed by atoms with E-state index < -0.39 is 30.8 Å². The van der Waals surface area contributed by atoms with Crippen LogP contribution < -0.4 is 35.6 Å². The van der Waals surface area contributed by atoms with Gasteiger partial charge in [-0.05, 0) is 99.4 Å². The second kappa shape index (κ2) is 19.5. The van der Waals surface area contributed by atoms with Gasteiger partial charge in [-0.2, -0.15) is 13.2 Å². The zero-order valence-corrected chi connectivity index (χ0v) is 34.8. The largest absolute Gasteiger partial charge is 0.495 e. The number of nitrogens with zero attached hydrogens (tertiary/aromatic N) is 5. The minimum Gasteiger partial charge on any atom is -0.495 e. The smallest absolute Gasteiger partial charge is 0.406 e. The molecule has 0 aliphatic carbocycles. The Bertz CT molecular complexity index is 2430. The van der Waals surface area contributed by atoms with E-state index in [-0.39, 0.29) is 43.9 Å². The van der Waals surface area contributed by atoms with Crippen molar-refractivity contribution in [2.45, 2.75) is 50.2 Å². The van der Waals surface area contributed by atoms with Crippen LogP contribution in [-0.4, -0.2) is 115 Å². The number of halogens is 3. The van der Waals surface area contributed by atoms with Gasteiger partial charge in [-0.15, -0.1) is 0 Å². The Kier molecular flexibility index (Phi) is 13.7. The molecule has 14 nitrogen and oxygen atoms in total. The third kappa shape index (κ3) is 10.9. The Morgan fingerprint density at radius 3 is 2.56 bits per heavy atom. The van der Waals surface area contributed by atoms with Crippen molar-refractivity contribution >= 4 is 39.8 Å². The van der Waals surface area contributed by atoms with Gasteiger partial charge in [0, 0.05) is 53.9 Å². The fourth-order valence-electron chi connectivity index (χ4n) is 7.76. The van der Waals surface area contributed by atoms with Gasteiger partial charge in [-0.1, -0.05) is 18.1 Å². The summed E-state index contributed by atoms with van der Waals surface area (Å²) in [6.07, 6.45) is 0.193. The van der Waals surface area contributed by atoms with Crippen LogP contribution in [-0.2, 0) is 17.8 Å². The first-order valence-corrected chi connectivity index (χ1v) is 20.4. The maximum atomic E-state index is 13.9. The molecule has 2 amide bonds. The number of aliphatic hydroxyl groups is 1. The Morgan fingerprint density at radius 1 is 1.03 bits per heavy atom. The number of piperidine rings is 1. The quantitative estimate of drug-likeness (QED) is 0.102. The number of benzene rings is 3. The molecule has 1 fully saturated rings. The van der Waals surface area contributed by atoms with Crippen molar-refractivity contribution in [3.05, 3.63) is 102 Å². The summed E-state index contributed by atoms with van der Waals surface area (Å²) >= 11 is 0. The number of nitrogens with one attached hydrogen (secondary N) is 4. The highest BCUT2D eigenvalue weighted by Crippen LogP contribution is 2.33. The standard InChI is InChI=1S/C45H50F3N9O5/c1-55-19-14-31(15-20-55)53-36-8-4-9-38-35(36)23-33(57(38)28-45(46,47)48)7-5-16-49-37-22-30(11-13-40(37)61-3)44(60)52-25-41(43-50-17-6-18-51-43)62-34-12-10-29-21-32(27-58)54-42(59)26-56(2)39(29)24-34/h4,6,8-13,17-18,22-24,31-32,41,49,53,58H,14-16,19-21,25-28H2,1-3H3,(H,52,60)(H,54,59). The second-order valence-electron chi connectivity index (χ2n) is 15.5. The van der Waals surface area contributed by atoms with Crippen molar-refractivity contribution in [2.24, 2.45) is 0 Å². The van der Waals surface area contributed by atoms with E-state index >= 15 is 0 Å². The number of likely N-dealkylation sites (tertiary alicyclic amines) is 1. The highest BCUT2D eigenvalue weighted by atomic mass is 19.4. The highest BCUT2D eigenvalue weighted by Gasteiger charge is 2.30. The molecule has 0 radical (unpaired) electrons. The number of methoxy groups -OCH3 is 1. The number of carbonyl (C=O) groups is 2. The summed E-state index contributed by atoms with van der Waals surface area (Å²) in [4.78, 5) is 38.9. The predicted octanol–water partition coefficient (Wildman–Crippen LogP) is 4.99. The van der Waals surface area contributed by atoms with Gasteiger partial charge in [0.1, 0.15) is 18.0 Å². The van der Waals surface area contributed by atoms with Crippen LogP contribution in [0.4, 0.5) is 30.2 Å². The number of amides is 2. The minimum absolute atomic E-state index is 0.00775. The number of aliphatic hydroxyl groups excluding tert-OH is 1. The number of ether oxygens (including phenoxy) is 2. The van der Waals surface area contributed by atoms with Gasteiger partial charge >= 0.3 is 6.18 Å². The zero-order chi connectivity index (χ0) is 43.8. The molecule has 5 N–H and O–H groups in total. The molecule has 2 atom stereocenters. The van der Waals surface area contributed by atoms with Crippen molar-refractivity contribution in [1.82, 2.24) is 30.1 Å². The third-order valence-corrected chi connectivity index (χ3v) is 10.9. The van der Waals surface area contributed by atoms with Crippen molar-refractivity contribution in [1.29, 1.82) is 0 Å². The van der Waals surface area contributed by atoms with Crippen LogP contribution in [0.5, 0.6) is 11.5 Å². The average molecular weight is 854 g/mol. The van der Waals surface area contributed by atoms with E-state index in [0.29, 0.717) is 45.9 Å². The molecule has 7 rings (SSSR count). The predicted molar refractivity (Wildman–Crippen MR) is 231 cm³/mol. The van der Waals surface area contributed by atoms with Crippen LogP contribution in [0.3, 0.4) is 0 Å². The molecule has 3 aromatic carbocycles. The molecule has 4 heterocycles. The van der Waals surface area contributed by atoms with E-state index in [9.17, 15) is 27.9 Å². The normalized spacial score (nSPS) is 16.5. The number of hydrogen-bond acceptors (Lipinski definition) is 11. The lowest BCUT2D eigenvalue weighted by molar-refractivity contribution is -0.140. The SMILES string of the molecule is COc1ccc(C(=O)NCC(Oc2ccc3c(c2)N(C)CC(=O)NC(CO)C3)c2ncccn2)cc1NCC#Cc1cc2c(NC3CCN(C)CC3)cccc2n1CC(F)(F)F. The summed E-state index contributed by atoms with van der Waals surface area (Å²) in [7, 11) is 5.36. The maximum absolute atomic E-state index is 13.9. The van der Waals surface area contributed by atoms with Gasteiger partial charge in [-0.3, -0.25) is 9.59 Å². The van der Waals surface area contributed by atoms with E-state index in [1.54, 1.807) is 72.9 Å². The number of rotatable bonds is 13. The number of likely N-dealkylation sites (N-methyl/N-ethyl adjacent to an activating group) is 1. The molecule has 0 spiro atoms. The number of hydrogen-bond donors (Lipinski definition) is 5. The second-order valence-corrected chi connectivity index (χ2v) is 15.5. The van der Waals surface area contributed by atoms with Crippen LogP contribution in [0.15, 0.2) is 79.1 Å². The number of fused-ring (bicyclic) bond motifs is 2. The fraction of sp³-hybridized carbons (Fsp3) is 0.378. The molecule has 2 aliphatic heterocycles. The van der Waals surface area contributed by atoms with E-state index in [0.717, 1.165) is 42.9 Å². The Morgan fingerprint density at radius 2 is 1.82 bits per heavy atom. The molecule has 62 heavy (non-hydrogen) atoms. The Labute approximate surface area is 357 Å². The van der Waals surface area contributed by atoms with E-state index in [1.165, 1.54) is 11.7 Å². The molecule has 326 valence electrons. The van der Waals surface area contributed by atoms with Gasteiger partial charge in [0.25, 0.3) is 5.91 Å². The first-order chi connectivity index (χ1) is 29.9. The van der Waals surface area contributed by atoms with Gasteiger partial charge in [0.05, 0.1) is 56.3 Å². The Balaban J connectivity index is 1.05. The van der Waals surface area contributed by atoms with Gasteiger partial charge in [0.15, 0.2) is 11.9 Å². The van der Waals surface area contributed by atoms with Crippen molar-refractivity contribution in [3.63, 3.8) is 0 Å². The first-order valence-electron chi connectivity index (χ1n) is 20.4. The van der Waals surface area contributed by atoms with Crippen LogP contribution >= 0.6 is 0 Å².